The van der Waals surface area contributed by atoms with Crippen LogP contribution in [-0.4, -0.2) is 58.1 Å². The molecule has 1 aromatic rings. The number of ether oxygens (including phenoxy) is 1. The fourth-order valence-electron chi connectivity index (χ4n) is 4.33. The van der Waals surface area contributed by atoms with E-state index in [-0.39, 0.29) is 24.5 Å². The third-order valence-electron chi connectivity index (χ3n) is 5.63. The molecule has 0 saturated carbocycles. The molecular formula is C19H31N3O3. The molecule has 2 saturated heterocycles. The van der Waals surface area contributed by atoms with Gasteiger partial charge in [0.05, 0.1) is 25.2 Å². The highest BCUT2D eigenvalue weighted by atomic mass is 16.5. The van der Waals surface area contributed by atoms with E-state index in [1.54, 1.807) is 6.20 Å². The number of piperidine rings is 1. The Morgan fingerprint density at radius 2 is 2.12 bits per heavy atom. The molecule has 0 radical (unpaired) electrons. The van der Waals surface area contributed by atoms with Gasteiger partial charge in [-0.25, -0.2) is 0 Å². The number of aliphatic hydroxyl groups excluding tert-OH is 1. The van der Waals surface area contributed by atoms with Gasteiger partial charge in [0.25, 0.3) is 0 Å². The van der Waals surface area contributed by atoms with E-state index in [4.69, 9.17) is 9.84 Å². The molecule has 1 N–H and O–H groups in total. The van der Waals surface area contributed by atoms with E-state index in [0.717, 1.165) is 45.4 Å². The van der Waals surface area contributed by atoms with Gasteiger partial charge in [0.1, 0.15) is 0 Å². The Morgan fingerprint density at radius 1 is 1.36 bits per heavy atom. The number of likely N-dealkylation sites (tertiary alicyclic amines) is 1. The fourth-order valence-corrected chi connectivity index (χ4v) is 4.33. The summed E-state index contributed by atoms with van der Waals surface area (Å²) in [4.78, 5) is 15.1. The van der Waals surface area contributed by atoms with Crippen LogP contribution in [0.2, 0.25) is 0 Å². The summed E-state index contributed by atoms with van der Waals surface area (Å²) in [7, 11) is 0. The molecule has 1 aromatic heterocycles. The van der Waals surface area contributed by atoms with Crippen LogP contribution in [0.1, 0.15) is 51.1 Å². The minimum Gasteiger partial charge on any atom is -0.394 e. The maximum Gasteiger partial charge on any atom is 0.228 e. The molecule has 2 fully saturated rings. The van der Waals surface area contributed by atoms with Crippen molar-refractivity contribution in [3.05, 3.63) is 18.0 Å². The van der Waals surface area contributed by atoms with Crippen LogP contribution < -0.4 is 0 Å². The second-order valence-electron chi connectivity index (χ2n) is 7.63. The molecule has 6 heteroatoms. The van der Waals surface area contributed by atoms with Gasteiger partial charge in [-0.1, -0.05) is 13.8 Å². The summed E-state index contributed by atoms with van der Waals surface area (Å²) in [5.41, 5.74) is 1.18. The Bertz CT molecular complexity index is 564. The Morgan fingerprint density at radius 3 is 2.80 bits per heavy atom. The summed E-state index contributed by atoms with van der Waals surface area (Å²) in [5, 5.41) is 13.5. The largest absolute Gasteiger partial charge is 0.394 e. The summed E-state index contributed by atoms with van der Waals surface area (Å²) < 4.78 is 7.80. The zero-order chi connectivity index (χ0) is 17.8. The van der Waals surface area contributed by atoms with Gasteiger partial charge in [0.15, 0.2) is 0 Å². The number of aromatic nitrogens is 2. The van der Waals surface area contributed by atoms with Gasteiger partial charge >= 0.3 is 0 Å². The number of hydrogen-bond donors (Lipinski definition) is 1. The van der Waals surface area contributed by atoms with Crippen molar-refractivity contribution < 1.29 is 14.6 Å². The van der Waals surface area contributed by atoms with Crippen molar-refractivity contribution >= 4 is 5.91 Å². The second-order valence-corrected chi connectivity index (χ2v) is 7.63. The van der Waals surface area contributed by atoms with Crippen LogP contribution in [0, 0.1) is 11.8 Å². The summed E-state index contributed by atoms with van der Waals surface area (Å²) in [5.74, 6) is 1.09. The summed E-state index contributed by atoms with van der Waals surface area (Å²) >= 11 is 0. The highest BCUT2D eigenvalue weighted by Gasteiger charge is 2.37. The van der Waals surface area contributed by atoms with Crippen molar-refractivity contribution in [3.63, 3.8) is 0 Å². The van der Waals surface area contributed by atoms with Crippen LogP contribution in [0.4, 0.5) is 0 Å². The molecule has 0 bridgehead atoms. The van der Waals surface area contributed by atoms with Crippen molar-refractivity contribution in [2.24, 2.45) is 11.8 Å². The lowest BCUT2D eigenvalue weighted by Gasteiger charge is -2.39. The standard InChI is InChI=1S/C19H31N3O3/c1-14(2)18-16(4-3-13-25-18)19(24)21-9-6-15(7-10-21)17-5-8-20-22(17)11-12-23/h5,8,14-16,18,23H,3-4,6-7,9-13H2,1-2H3/t16-,18+/m0/s1. The number of hydrogen-bond acceptors (Lipinski definition) is 4. The third kappa shape index (κ3) is 4.06. The van der Waals surface area contributed by atoms with Gasteiger partial charge in [-0.05, 0) is 37.7 Å². The first-order valence-corrected chi connectivity index (χ1v) is 9.64. The first-order valence-electron chi connectivity index (χ1n) is 9.64. The van der Waals surface area contributed by atoms with Crippen LogP contribution in [-0.2, 0) is 16.1 Å². The molecule has 3 heterocycles. The minimum absolute atomic E-state index is 0.0187. The molecule has 2 aliphatic heterocycles. The molecule has 0 spiro atoms. The molecule has 0 aromatic carbocycles. The lowest BCUT2D eigenvalue weighted by molar-refractivity contribution is -0.148. The van der Waals surface area contributed by atoms with Gasteiger partial charge in [0, 0.05) is 37.5 Å². The maximum atomic E-state index is 13.0. The first kappa shape index (κ1) is 18.4. The number of carbonyl (C=O) groups excluding carboxylic acids is 1. The zero-order valence-corrected chi connectivity index (χ0v) is 15.4. The zero-order valence-electron chi connectivity index (χ0n) is 15.4. The van der Waals surface area contributed by atoms with Crippen LogP contribution in [0.15, 0.2) is 12.3 Å². The normalized spacial score (nSPS) is 25.5. The monoisotopic (exact) mass is 349 g/mol. The molecule has 2 atom stereocenters. The van der Waals surface area contributed by atoms with Crippen LogP contribution in [0.5, 0.6) is 0 Å². The highest BCUT2D eigenvalue weighted by Crippen LogP contribution is 2.32. The quantitative estimate of drug-likeness (QED) is 0.883. The van der Waals surface area contributed by atoms with Gasteiger partial charge in [-0.2, -0.15) is 5.10 Å². The molecule has 1 amide bonds. The summed E-state index contributed by atoms with van der Waals surface area (Å²) in [6.45, 7) is 7.31. The number of carbonyl (C=O) groups is 1. The highest BCUT2D eigenvalue weighted by molar-refractivity contribution is 5.79. The molecule has 6 nitrogen and oxygen atoms in total. The smallest absolute Gasteiger partial charge is 0.228 e. The van der Waals surface area contributed by atoms with Crippen molar-refractivity contribution in [1.29, 1.82) is 0 Å². The lowest BCUT2D eigenvalue weighted by Crippen LogP contribution is -2.48. The molecular weight excluding hydrogens is 318 g/mol. The average molecular weight is 349 g/mol. The summed E-state index contributed by atoms with van der Waals surface area (Å²) in [6.07, 6.45) is 5.71. The van der Waals surface area contributed by atoms with Gasteiger partial charge in [0.2, 0.25) is 5.91 Å². The van der Waals surface area contributed by atoms with E-state index in [2.05, 4.69) is 18.9 Å². The van der Waals surface area contributed by atoms with Crippen LogP contribution >= 0.6 is 0 Å². The SMILES string of the molecule is CC(C)[C@H]1OCCC[C@@H]1C(=O)N1CCC(c2ccnn2CCO)CC1. The van der Waals surface area contributed by atoms with Gasteiger partial charge in [-0.15, -0.1) is 0 Å². The van der Waals surface area contributed by atoms with E-state index >= 15 is 0 Å². The molecule has 3 rings (SSSR count). The Hall–Kier alpha value is -1.40. The predicted octanol–water partition coefficient (Wildman–Crippen LogP) is 2.03. The van der Waals surface area contributed by atoms with Crippen LogP contribution in [0.25, 0.3) is 0 Å². The summed E-state index contributed by atoms with van der Waals surface area (Å²) in [6, 6.07) is 2.04. The van der Waals surface area contributed by atoms with E-state index in [0.29, 0.717) is 18.4 Å². The number of nitrogens with zero attached hydrogens (tertiary/aromatic N) is 3. The van der Waals surface area contributed by atoms with Crippen molar-refractivity contribution in [2.75, 3.05) is 26.3 Å². The number of amides is 1. The Kier molecular flexibility index (Phi) is 6.12. The second kappa shape index (κ2) is 8.32. The topological polar surface area (TPSA) is 67.6 Å². The van der Waals surface area contributed by atoms with E-state index < -0.39 is 0 Å². The molecule has 0 unspecified atom stereocenters. The minimum atomic E-state index is 0.0187. The Balaban J connectivity index is 1.59. The van der Waals surface area contributed by atoms with E-state index in [9.17, 15) is 4.79 Å². The third-order valence-corrected chi connectivity index (χ3v) is 5.63. The molecule has 2 aliphatic rings. The molecule has 0 aliphatic carbocycles. The number of aliphatic hydroxyl groups is 1. The van der Waals surface area contributed by atoms with E-state index in [1.165, 1.54) is 5.69 Å². The molecule has 25 heavy (non-hydrogen) atoms. The first-order chi connectivity index (χ1) is 12.1. The van der Waals surface area contributed by atoms with Gasteiger partial charge < -0.3 is 14.7 Å². The van der Waals surface area contributed by atoms with E-state index in [1.807, 2.05) is 15.6 Å². The lowest BCUT2D eigenvalue weighted by atomic mass is 9.85. The van der Waals surface area contributed by atoms with Gasteiger partial charge in [-0.3, -0.25) is 9.48 Å². The fraction of sp³-hybridized carbons (Fsp3) is 0.789. The van der Waals surface area contributed by atoms with Crippen LogP contribution in [0.3, 0.4) is 0 Å². The number of rotatable bonds is 5. The maximum absolute atomic E-state index is 13.0. The van der Waals surface area contributed by atoms with Crippen molar-refractivity contribution in [3.8, 4) is 0 Å². The van der Waals surface area contributed by atoms with Crippen molar-refractivity contribution in [1.82, 2.24) is 14.7 Å². The molecule has 140 valence electrons. The van der Waals surface area contributed by atoms with Crippen molar-refractivity contribution in [2.45, 2.75) is 58.1 Å². The Labute approximate surface area is 150 Å². The predicted molar refractivity (Wildman–Crippen MR) is 95.2 cm³/mol. The average Bonchev–Trinajstić information content (AvgIpc) is 3.10.